The summed E-state index contributed by atoms with van der Waals surface area (Å²) in [4.78, 5) is 17.6. The lowest BCUT2D eigenvalue weighted by Gasteiger charge is -2.19. The van der Waals surface area contributed by atoms with Crippen LogP contribution in [0.1, 0.15) is 30.5 Å². The highest BCUT2D eigenvalue weighted by atomic mass is 19.1. The molecule has 0 saturated heterocycles. The molecule has 1 saturated carbocycles. The van der Waals surface area contributed by atoms with Crippen molar-refractivity contribution in [1.82, 2.24) is 4.98 Å². The SMILES string of the molecule is COC1=C(c2cccc(NC(=O)C3(c4ccc5c(c4)OCO5)CC3)n2)C(F)CC=C1. The van der Waals surface area contributed by atoms with Gasteiger partial charge in [-0.3, -0.25) is 4.79 Å². The number of hydrogen-bond donors (Lipinski definition) is 1. The summed E-state index contributed by atoms with van der Waals surface area (Å²) in [6.07, 6.45) is 4.04. The molecule has 154 valence electrons. The van der Waals surface area contributed by atoms with Crippen molar-refractivity contribution in [2.45, 2.75) is 30.8 Å². The lowest BCUT2D eigenvalue weighted by molar-refractivity contribution is -0.118. The number of carbonyl (C=O) groups is 1. The van der Waals surface area contributed by atoms with Gasteiger partial charge in [-0.15, -0.1) is 0 Å². The minimum atomic E-state index is -1.20. The third-order valence-electron chi connectivity index (χ3n) is 5.79. The Morgan fingerprint density at radius 2 is 2.07 bits per heavy atom. The topological polar surface area (TPSA) is 69.7 Å². The monoisotopic (exact) mass is 408 g/mol. The first-order valence-corrected chi connectivity index (χ1v) is 9.88. The Bertz CT molecular complexity index is 1070. The second-order valence-corrected chi connectivity index (χ2v) is 7.60. The van der Waals surface area contributed by atoms with Crippen molar-refractivity contribution in [2.24, 2.45) is 0 Å². The number of amides is 1. The number of nitrogens with one attached hydrogen (secondary N) is 1. The Morgan fingerprint density at radius 1 is 1.23 bits per heavy atom. The highest BCUT2D eigenvalue weighted by Gasteiger charge is 2.51. The summed E-state index contributed by atoms with van der Waals surface area (Å²) in [5, 5.41) is 2.91. The first-order chi connectivity index (χ1) is 14.6. The predicted octanol–water partition coefficient (Wildman–Crippen LogP) is 4.14. The fourth-order valence-corrected chi connectivity index (χ4v) is 3.98. The lowest BCUT2D eigenvalue weighted by Crippen LogP contribution is -2.28. The largest absolute Gasteiger partial charge is 0.496 e. The van der Waals surface area contributed by atoms with Crippen molar-refractivity contribution in [1.29, 1.82) is 0 Å². The van der Waals surface area contributed by atoms with Gasteiger partial charge >= 0.3 is 0 Å². The molecule has 0 radical (unpaired) electrons. The summed E-state index contributed by atoms with van der Waals surface area (Å²) in [7, 11) is 1.51. The first kappa shape index (κ1) is 18.7. The van der Waals surface area contributed by atoms with Crippen molar-refractivity contribution in [3.8, 4) is 11.5 Å². The third-order valence-corrected chi connectivity index (χ3v) is 5.79. The van der Waals surface area contributed by atoms with Crippen molar-refractivity contribution in [2.75, 3.05) is 19.2 Å². The molecule has 1 fully saturated rings. The molecule has 0 bridgehead atoms. The molecular formula is C23H21FN2O4. The van der Waals surface area contributed by atoms with Crippen molar-refractivity contribution in [3.05, 3.63) is 65.6 Å². The molecule has 3 aliphatic rings. The zero-order valence-electron chi connectivity index (χ0n) is 16.5. The van der Waals surface area contributed by atoms with E-state index in [2.05, 4.69) is 10.3 Å². The van der Waals surface area contributed by atoms with E-state index in [1.165, 1.54) is 7.11 Å². The van der Waals surface area contributed by atoms with Crippen LogP contribution in [0, 0.1) is 0 Å². The molecular weight excluding hydrogens is 387 g/mol. The highest BCUT2D eigenvalue weighted by Crippen LogP contribution is 2.51. The van der Waals surface area contributed by atoms with E-state index in [1.807, 2.05) is 18.2 Å². The van der Waals surface area contributed by atoms with Gasteiger partial charge in [0, 0.05) is 6.42 Å². The molecule has 1 unspecified atom stereocenters. The quantitative estimate of drug-likeness (QED) is 0.805. The number of rotatable bonds is 5. The van der Waals surface area contributed by atoms with E-state index >= 15 is 0 Å². The van der Waals surface area contributed by atoms with Gasteiger partial charge in [0.25, 0.3) is 0 Å². The molecule has 5 rings (SSSR count). The van der Waals surface area contributed by atoms with E-state index in [0.717, 1.165) is 18.4 Å². The molecule has 1 aliphatic heterocycles. The number of ether oxygens (including phenoxy) is 3. The molecule has 1 aromatic carbocycles. The fourth-order valence-electron chi connectivity index (χ4n) is 3.98. The van der Waals surface area contributed by atoms with Crippen LogP contribution in [0.3, 0.4) is 0 Å². The minimum absolute atomic E-state index is 0.132. The molecule has 2 aliphatic carbocycles. The Kier molecular flexibility index (Phi) is 4.46. The molecule has 6 nitrogen and oxygen atoms in total. The van der Waals surface area contributed by atoms with Crippen LogP contribution >= 0.6 is 0 Å². The number of carbonyl (C=O) groups excluding carboxylic acids is 1. The second kappa shape index (κ2) is 7.16. The number of halogens is 1. The summed E-state index contributed by atoms with van der Waals surface area (Å²) in [5.74, 6) is 2.05. The minimum Gasteiger partial charge on any atom is -0.496 e. The van der Waals surface area contributed by atoms with Crippen molar-refractivity contribution >= 4 is 17.3 Å². The summed E-state index contributed by atoms with van der Waals surface area (Å²) >= 11 is 0. The fraction of sp³-hybridized carbons (Fsp3) is 0.304. The maximum absolute atomic E-state index is 14.6. The molecule has 1 amide bonds. The Hall–Kier alpha value is -3.35. The predicted molar refractivity (Wildman–Crippen MR) is 109 cm³/mol. The van der Waals surface area contributed by atoms with E-state index < -0.39 is 11.6 Å². The number of aromatic nitrogens is 1. The van der Waals surface area contributed by atoms with Crippen LogP contribution in [0.4, 0.5) is 10.2 Å². The maximum atomic E-state index is 14.6. The van der Waals surface area contributed by atoms with Crippen LogP contribution in [0.5, 0.6) is 11.5 Å². The van der Waals surface area contributed by atoms with Gasteiger partial charge in [0.15, 0.2) is 11.5 Å². The zero-order chi connectivity index (χ0) is 20.7. The average Bonchev–Trinajstić information content (AvgIpc) is 3.44. The number of alkyl halides is 1. The number of allylic oxidation sites excluding steroid dienone is 3. The van der Waals surface area contributed by atoms with Crippen LogP contribution in [-0.2, 0) is 14.9 Å². The first-order valence-electron chi connectivity index (χ1n) is 9.88. The zero-order valence-corrected chi connectivity index (χ0v) is 16.5. The Morgan fingerprint density at radius 3 is 2.87 bits per heavy atom. The molecule has 0 spiro atoms. The van der Waals surface area contributed by atoms with E-state index in [-0.39, 0.29) is 19.1 Å². The summed E-state index contributed by atoms with van der Waals surface area (Å²) in [5.41, 5.74) is 1.14. The number of benzene rings is 1. The maximum Gasteiger partial charge on any atom is 0.236 e. The normalized spacial score (nSPS) is 20.8. The molecule has 7 heteroatoms. The van der Waals surface area contributed by atoms with E-state index in [1.54, 1.807) is 30.4 Å². The number of nitrogens with zero attached hydrogens (tertiary/aromatic N) is 1. The van der Waals surface area contributed by atoms with Gasteiger partial charge in [0.05, 0.1) is 23.8 Å². The second-order valence-electron chi connectivity index (χ2n) is 7.60. The average molecular weight is 408 g/mol. The summed E-state index contributed by atoms with van der Waals surface area (Å²) in [6.45, 7) is 0.193. The van der Waals surface area contributed by atoms with Crippen molar-refractivity contribution in [3.63, 3.8) is 0 Å². The van der Waals surface area contributed by atoms with Gasteiger partial charge in [-0.2, -0.15) is 0 Å². The van der Waals surface area contributed by atoms with Crippen LogP contribution < -0.4 is 14.8 Å². The van der Waals surface area contributed by atoms with E-state index in [4.69, 9.17) is 14.2 Å². The Balaban J connectivity index is 1.40. The number of pyridine rings is 1. The third kappa shape index (κ3) is 3.10. The van der Waals surface area contributed by atoms with Crippen LogP contribution in [0.2, 0.25) is 0 Å². The van der Waals surface area contributed by atoms with Gasteiger partial charge in [0.2, 0.25) is 12.7 Å². The van der Waals surface area contributed by atoms with Crippen LogP contribution in [0.25, 0.3) is 5.57 Å². The number of fused-ring (bicyclic) bond motifs is 1. The number of anilines is 1. The highest BCUT2D eigenvalue weighted by molar-refractivity contribution is 6.01. The Labute approximate surface area is 173 Å². The standard InChI is InChI=1S/C23H21FN2O4/c1-28-18-6-2-4-15(24)21(18)16-5-3-7-20(25-16)26-22(27)23(10-11-23)14-8-9-17-19(12-14)30-13-29-17/h2-3,5-9,12,15H,4,10-11,13H2,1H3,(H,25,26,27). The van der Waals surface area contributed by atoms with E-state index in [9.17, 15) is 9.18 Å². The van der Waals surface area contributed by atoms with Crippen LogP contribution in [0.15, 0.2) is 54.3 Å². The molecule has 2 aromatic rings. The van der Waals surface area contributed by atoms with Gasteiger partial charge < -0.3 is 19.5 Å². The molecule has 1 aromatic heterocycles. The molecule has 1 atom stereocenters. The van der Waals surface area contributed by atoms with Crippen LogP contribution in [-0.4, -0.2) is 31.0 Å². The van der Waals surface area contributed by atoms with Crippen molar-refractivity contribution < 1.29 is 23.4 Å². The number of methoxy groups -OCH3 is 1. The van der Waals surface area contributed by atoms with Gasteiger partial charge in [-0.05, 0) is 48.7 Å². The smallest absolute Gasteiger partial charge is 0.236 e. The molecule has 30 heavy (non-hydrogen) atoms. The van der Waals surface area contributed by atoms with Gasteiger partial charge in [0.1, 0.15) is 17.7 Å². The molecule has 1 N–H and O–H groups in total. The van der Waals surface area contributed by atoms with Gasteiger partial charge in [-0.1, -0.05) is 18.2 Å². The van der Waals surface area contributed by atoms with Gasteiger partial charge in [-0.25, -0.2) is 9.37 Å². The number of hydrogen-bond acceptors (Lipinski definition) is 5. The molecule has 2 heterocycles. The van der Waals surface area contributed by atoms with E-state index in [0.29, 0.717) is 34.3 Å². The summed E-state index contributed by atoms with van der Waals surface area (Å²) in [6, 6.07) is 10.8. The lowest BCUT2D eigenvalue weighted by atomic mass is 9.94. The summed E-state index contributed by atoms with van der Waals surface area (Å²) < 4.78 is 30.7.